The normalized spacial score (nSPS) is 21.0. The van der Waals surface area contributed by atoms with E-state index in [9.17, 15) is 4.79 Å². The highest BCUT2D eigenvalue weighted by Crippen LogP contribution is 2.30. The van der Waals surface area contributed by atoms with E-state index < -0.39 is 0 Å². The smallest absolute Gasteiger partial charge is 0.132 e. The summed E-state index contributed by atoms with van der Waals surface area (Å²) in [5.41, 5.74) is 1.06. The zero-order chi connectivity index (χ0) is 9.26. The highest BCUT2D eigenvalue weighted by Gasteiger charge is 2.22. The van der Waals surface area contributed by atoms with Gasteiger partial charge in [0.15, 0.2) is 0 Å². The molecule has 0 saturated heterocycles. The van der Waals surface area contributed by atoms with Gasteiger partial charge in [0.05, 0.1) is 0 Å². The zero-order valence-corrected chi connectivity index (χ0v) is 7.60. The molecular weight excluding hydrogens is 164 g/mol. The van der Waals surface area contributed by atoms with Crippen molar-refractivity contribution in [3.63, 3.8) is 0 Å². The van der Waals surface area contributed by atoms with Crippen LogP contribution in [-0.2, 0) is 4.79 Å². The minimum absolute atomic E-state index is 0.0416. The lowest BCUT2D eigenvalue weighted by Crippen LogP contribution is -2.28. The van der Waals surface area contributed by atoms with Gasteiger partial charge in [-0.3, -0.25) is 0 Å². The number of aldehydes is 1. The van der Waals surface area contributed by atoms with Crippen molar-refractivity contribution in [3.05, 3.63) is 23.9 Å². The molecule has 0 spiro atoms. The van der Waals surface area contributed by atoms with E-state index in [4.69, 9.17) is 0 Å². The van der Waals surface area contributed by atoms with Crippen molar-refractivity contribution in [2.24, 2.45) is 0 Å². The molecule has 3 heteroatoms. The maximum absolute atomic E-state index is 10.8. The molecule has 1 aromatic rings. The predicted octanol–water partition coefficient (Wildman–Crippen LogP) is 1.20. The first-order valence-corrected chi connectivity index (χ1v) is 4.44. The summed E-state index contributed by atoms with van der Waals surface area (Å²) in [5, 5.41) is 0. The van der Waals surface area contributed by atoms with Crippen molar-refractivity contribution in [1.82, 2.24) is 4.98 Å². The molecule has 0 bridgehead atoms. The van der Waals surface area contributed by atoms with Gasteiger partial charge in [-0.2, -0.15) is 0 Å². The summed E-state index contributed by atoms with van der Waals surface area (Å²) in [6.45, 7) is 0.910. The summed E-state index contributed by atoms with van der Waals surface area (Å²) in [4.78, 5) is 17.1. The Balaban J connectivity index is 2.47. The van der Waals surface area contributed by atoms with Gasteiger partial charge in [-0.05, 0) is 12.5 Å². The van der Waals surface area contributed by atoms with Crippen LogP contribution in [0.15, 0.2) is 18.3 Å². The van der Waals surface area contributed by atoms with Crippen LogP contribution in [0.5, 0.6) is 0 Å². The molecule has 0 amide bonds. The third-order valence-electron chi connectivity index (χ3n) is 2.52. The van der Waals surface area contributed by atoms with Crippen molar-refractivity contribution in [1.29, 1.82) is 0 Å². The topological polar surface area (TPSA) is 33.2 Å². The first kappa shape index (κ1) is 8.23. The fourth-order valence-corrected chi connectivity index (χ4v) is 1.75. The van der Waals surface area contributed by atoms with Gasteiger partial charge in [0.1, 0.15) is 12.1 Å². The van der Waals surface area contributed by atoms with E-state index >= 15 is 0 Å². The zero-order valence-electron chi connectivity index (χ0n) is 7.60. The molecule has 1 aliphatic rings. The molecule has 1 aromatic heterocycles. The van der Waals surface area contributed by atoms with Gasteiger partial charge in [-0.15, -0.1) is 0 Å². The van der Waals surface area contributed by atoms with E-state index in [1.165, 1.54) is 0 Å². The van der Waals surface area contributed by atoms with E-state index in [1.807, 2.05) is 19.2 Å². The van der Waals surface area contributed by atoms with Crippen LogP contribution in [0.2, 0.25) is 0 Å². The first-order chi connectivity index (χ1) is 6.33. The number of carbonyl (C=O) groups excluding carboxylic acids is 1. The van der Waals surface area contributed by atoms with Crippen LogP contribution < -0.4 is 4.90 Å². The molecule has 1 unspecified atom stereocenters. The average molecular weight is 176 g/mol. The van der Waals surface area contributed by atoms with Gasteiger partial charge in [-0.25, -0.2) is 4.98 Å². The fourth-order valence-electron chi connectivity index (χ4n) is 1.75. The van der Waals surface area contributed by atoms with Crippen LogP contribution in [0.1, 0.15) is 17.9 Å². The predicted molar refractivity (Wildman–Crippen MR) is 50.9 cm³/mol. The number of rotatable bonds is 1. The van der Waals surface area contributed by atoms with Gasteiger partial charge in [-0.1, -0.05) is 6.07 Å². The molecule has 0 radical (unpaired) electrons. The Bertz CT molecular complexity index is 324. The number of anilines is 1. The van der Waals surface area contributed by atoms with E-state index in [0.29, 0.717) is 0 Å². The highest BCUT2D eigenvalue weighted by atomic mass is 16.1. The fraction of sp³-hybridized carbons (Fsp3) is 0.400. The summed E-state index contributed by atoms with van der Waals surface area (Å²) in [6, 6.07) is 3.87. The number of hydrogen-bond acceptors (Lipinski definition) is 3. The van der Waals surface area contributed by atoms with Crippen LogP contribution in [-0.4, -0.2) is 24.9 Å². The molecule has 68 valence electrons. The molecule has 13 heavy (non-hydrogen) atoms. The van der Waals surface area contributed by atoms with Crippen LogP contribution >= 0.6 is 0 Å². The summed E-state index contributed by atoms with van der Waals surface area (Å²) in [6.07, 6.45) is 3.69. The Morgan fingerprint density at radius 2 is 2.54 bits per heavy atom. The summed E-state index contributed by atoms with van der Waals surface area (Å²) >= 11 is 0. The quantitative estimate of drug-likeness (QED) is 0.603. The molecule has 2 heterocycles. The van der Waals surface area contributed by atoms with Crippen LogP contribution in [0, 0.1) is 0 Å². The van der Waals surface area contributed by atoms with Gasteiger partial charge in [0.2, 0.25) is 0 Å². The summed E-state index contributed by atoms with van der Waals surface area (Å²) in [7, 11) is 2.01. The van der Waals surface area contributed by atoms with Crippen molar-refractivity contribution in [2.45, 2.75) is 12.3 Å². The maximum atomic E-state index is 10.8. The Labute approximate surface area is 77.4 Å². The molecule has 2 rings (SSSR count). The number of carbonyl (C=O) groups is 1. The van der Waals surface area contributed by atoms with E-state index in [2.05, 4.69) is 9.88 Å². The molecule has 3 nitrogen and oxygen atoms in total. The summed E-state index contributed by atoms with van der Waals surface area (Å²) < 4.78 is 0. The van der Waals surface area contributed by atoms with Crippen molar-refractivity contribution >= 4 is 12.1 Å². The third kappa shape index (κ3) is 1.30. The molecule has 0 aliphatic carbocycles. The second-order valence-corrected chi connectivity index (χ2v) is 3.37. The second-order valence-electron chi connectivity index (χ2n) is 3.37. The SMILES string of the molecule is CN1CCC(C=O)c2cccnc21. The Morgan fingerprint density at radius 3 is 3.31 bits per heavy atom. The lowest BCUT2D eigenvalue weighted by molar-refractivity contribution is -0.109. The average Bonchev–Trinajstić information content (AvgIpc) is 2.19. The van der Waals surface area contributed by atoms with Crippen LogP contribution in [0.25, 0.3) is 0 Å². The minimum Gasteiger partial charge on any atom is -0.359 e. The van der Waals surface area contributed by atoms with Crippen molar-refractivity contribution < 1.29 is 4.79 Å². The van der Waals surface area contributed by atoms with Gasteiger partial charge in [0.25, 0.3) is 0 Å². The lowest BCUT2D eigenvalue weighted by atomic mass is 9.94. The van der Waals surface area contributed by atoms with Gasteiger partial charge >= 0.3 is 0 Å². The molecule has 0 saturated carbocycles. The summed E-state index contributed by atoms with van der Waals surface area (Å²) in [5.74, 6) is 0.991. The van der Waals surface area contributed by atoms with E-state index in [1.54, 1.807) is 6.20 Å². The first-order valence-electron chi connectivity index (χ1n) is 4.44. The maximum Gasteiger partial charge on any atom is 0.132 e. The van der Waals surface area contributed by atoms with Gasteiger partial charge < -0.3 is 9.69 Å². The number of nitrogens with zero attached hydrogens (tertiary/aromatic N) is 2. The second kappa shape index (κ2) is 3.17. The minimum atomic E-state index is 0.0416. The standard InChI is InChI=1S/C10H12N2O/c1-12-6-4-8(7-13)9-3-2-5-11-10(9)12/h2-3,5,7-8H,4,6H2,1H3. The van der Waals surface area contributed by atoms with Crippen molar-refractivity contribution in [2.75, 3.05) is 18.5 Å². The van der Waals surface area contributed by atoms with E-state index in [0.717, 1.165) is 30.6 Å². The number of aromatic nitrogens is 1. The largest absolute Gasteiger partial charge is 0.359 e. The van der Waals surface area contributed by atoms with Gasteiger partial charge in [0, 0.05) is 31.3 Å². The Morgan fingerprint density at radius 1 is 1.69 bits per heavy atom. The number of hydrogen-bond donors (Lipinski definition) is 0. The molecule has 0 N–H and O–H groups in total. The molecular formula is C10H12N2O. The van der Waals surface area contributed by atoms with Crippen LogP contribution in [0.4, 0.5) is 5.82 Å². The Kier molecular flexibility index (Phi) is 2.00. The van der Waals surface area contributed by atoms with E-state index in [-0.39, 0.29) is 5.92 Å². The monoisotopic (exact) mass is 176 g/mol. The van der Waals surface area contributed by atoms with Crippen molar-refractivity contribution in [3.8, 4) is 0 Å². The number of pyridine rings is 1. The highest BCUT2D eigenvalue weighted by molar-refractivity contribution is 5.68. The van der Waals surface area contributed by atoms with Crippen LogP contribution in [0.3, 0.4) is 0 Å². The lowest BCUT2D eigenvalue weighted by Gasteiger charge is -2.29. The molecule has 1 atom stereocenters. The molecule has 1 aliphatic heterocycles. The molecule has 0 fully saturated rings. The Hall–Kier alpha value is -1.38. The molecule has 0 aromatic carbocycles. The third-order valence-corrected chi connectivity index (χ3v) is 2.52. The number of fused-ring (bicyclic) bond motifs is 1.